The summed E-state index contributed by atoms with van der Waals surface area (Å²) in [6, 6.07) is 13.2. The number of benzene rings is 2. The molecule has 7 nitrogen and oxygen atoms in total. The average Bonchev–Trinajstić information content (AvgIpc) is 3.24. The van der Waals surface area contributed by atoms with E-state index in [2.05, 4.69) is 43.2 Å². The first-order valence-electron chi connectivity index (χ1n) is 15.4. The van der Waals surface area contributed by atoms with E-state index < -0.39 is 12.2 Å². The van der Waals surface area contributed by atoms with Crippen molar-refractivity contribution in [2.24, 2.45) is 28.2 Å². The third kappa shape index (κ3) is 5.31. The number of carbonyl (C=O) groups is 1. The molecule has 3 N–H and O–H groups in total. The van der Waals surface area contributed by atoms with Gasteiger partial charge in [-0.25, -0.2) is 4.99 Å². The van der Waals surface area contributed by atoms with Crippen molar-refractivity contribution >= 4 is 35.1 Å². The van der Waals surface area contributed by atoms with Gasteiger partial charge in [-0.3, -0.25) is 4.79 Å². The Labute approximate surface area is 259 Å². The number of hydrogen-bond donors (Lipinski definition) is 3. The molecule has 7 atom stereocenters. The molecule has 2 aromatic carbocycles. The highest BCUT2D eigenvalue weighted by Gasteiger charge is 2.56. The van der Waals surface area contributed by atoms with Crippen molar-refractivity contribution in [1.29, 1.82) is 0 Å². The largest absolute Gasteiger partial charge is 0.394 e. The molecular weight excluding hydrogens is 569 g/mol. The molecule has 1 unspecified atom stereocenters. The van der Waals surface area contributed by atoms with Crippen LogP contribution in [0, 0.1) is 23.2 Å². The van der Waals surface area contributed by atoms with Crippen LogP contribution in [0.25, 0.3) is 0 Å². The van der Waals surface area contributed by atoms with Crippen LogP contribution in [0.1, 0.15) is 68.2 Å². The topological polar surface area (TPSA) is 80.2 Å². The molecule has 0 aromatic heterocycles. The van der Waals surface area contributed by atoms with E-state index in [1.165, 1.54) is 6.42 Å². The lowest BCUT2D eigenvalue weighted by atomic mass is 9.45. The highest BCUT2D eigenvalue weighted by molar-refractivity contribution is 6.35. The summed E-state index contributed by atoms with van der Waals surface area (Å²) in [7, 11) is 0. The quantitative estimate of drug-likeness (QED) is 0.303. The maximum Gasteiger partial charge on any atom is 0.256 e. The number of nitrogens with one attached hydrogen (secondary N) is 2. The van der Waals surface area contributed by atoms with Gasteiger partial charge >= 0.3 is 0 Å². The molecule has 2 aliphatic heterocycles. The lowest BCUT2D eigenvalue weighted by Gasteiger charge is -2.62. The molecule has 0 spiro atoms. The van der Waals surface area contributed by atoms with Crippen LogP contribution >= 0.6 is 23.2 Å². The molecule has 1 saturated heterocycles. The van der Waals surface area contributed by atoms with E-state index in [1.54, 1.807) is 17.0 Å². The van der Waals surface area contributed by atoms with Gasteiger partial charge in [0.15, 0.2) is 12.1 Å². The fourth-order valence-electron chi connectivity index (χ4n) is 7.96. The van der Waals surface area contributed by atoms with Crippen molar-refractivity contribution < 1.29 is 9.90 Å². The minimum Gasteiger partial charge on any atom is -0.394 e. The molecule has 1 amide bonds. The summed E-state index contributed by atoms with van der Waals surface area (Å²) in [5.41, 5.74) is 2.72. The first-order chi connectivity index (χ1) is 20.1. The molecule has 2 aromatic rings. The Kier molecular flexibility index (Phi) is 8.24. The predicted octanol–water partition coefficient (Wildman–Crippen LogP) is 5.36. The van der Waals surface area contributed by atoms with E-state index in [1.807, 2.05) is 30.3 Å². The van der Waals surface area contributed by atoms with E-state index in [0.29, 0.717) is 57.3 Å². The number of halogens is 2. The minimum atomic E-state index is -0.561. The van der Waals surface area contributed by atoms with Crippen LogP contribution < -0.4 is 10.6 Å². The number of amides is 1. The fourth-order valence-corrected chi connectivity index (χ4v) is 8.45. The zero-order valence-electron chi connectivity index (χ0n) is 25.0. The lowest BCUT2D eigenvalue weighted by Crippen LogP contribution is -2.63. The summed E-state index contributed by atoms with van der Waals surface area (Å²) in [4.78, 5) is 23.5. The standard InChI is InChI=1S/C33H43Cl2N5O2/c1-19-17-39(12-11-36-19)32(37-29-15-22-14-27(20(29)2)33(22,3)4)38-30-25-7-5-6-8-26(25)31(42)40(30)24(18-41)13-21-9-10-23(34)16-28(21)35/h5-10,16,19-20,22,24,27,29-30,36,41H,11-15,17-18H2,1-4H3,(H,37,38)/t19-,20-,22+,24-,27-,29-,30?/m0/s1. The van der Waals surface area contributed by atoms with Gasteiger partial charge in [0.05, 0.1) is 12.6 Å². The molecule has 42 heavy (non-hydrogen) atoms. The van der Waals surface area contributed by atoms with Crippen molar-refractivity contribution in [2.75, 3.05) is 26.2 Å². The second-order valence-electron chi connectivity index (χ2n) is 13.4. The van der Waals surface area contributed by atoms with Gasteiger partial charge in [0.2, 0.25) is 0 Å². The first kappa shape index (κ1) is 29.7. The normalized spacial score (nSPS) is 31.0. The Morgan fingerprint density at radius 1 is 1.19 bits per heavy atom. The van der Waals surface area contributed by atoms with Gasteiger partial charge in [-0.1, -0.05) is 68.2 Å². The zero-order chi connectivity index (χ0) is 29.8. The highest BCUT2D eigenvalue weighted by Crippen LogP contribution is 2.61. The van der Waals surface area contributed by atoms with Crippen molar-refractivity contribution in [3.05, 3.63) is 69.2 Å². The van der Waals surface area contributed by atoms with E-state index in [0.717, 1.165) is 43.1 Å². The molecule has 2 heterocycles. The Morgan fingerprint density at radius 2 is 1.98 bits per heavy atom. The highest BCUT2D eigenvalue weighted by atomic mass is 35.5. The van der Waals surface area contributed by atoms with Crippen molar-refractivity contribution in [3.63, 3.8) is 0 Å². The van der Waals surface area contributed by atoms with Crippen LogP contribution in [-0.4, -0.2) is 71.1 Å². The average molecular weight is 613 g/mol. The third-order valence-electron chi connectivity index (χ3n) is 10.6. The molecular formula is C33H43Cl2N5O2. The molecule has 2 bridgehead atoms. The van der Waals surface area contributed by atoms with Crippen LogP contribution in [0.4, 0.5) is 0 Å². The summed E-state index contributed by atoms with van der Waals surface area (Å²) < 4.78 is 0. The molecule has 226 valence electrons. The van der Waals surface area contributed by atoms with E-state index >= 15 is 0 Å². The number of piperazine rings is 1. The van der Waals surface area contributed by atoms with Crippen LogP contribution in [0.15, 0.2) is 47.5 Å². The second-order valence-corrected chi connectivity index (χ2v) is 14.3. The van der Waals surface area contributed by atoms with Gasteiger partial charge in [-0.05, 0) is 73.1 Å². The molecule has 3 saturated carbocycles. The summed E-state index contributed by atoms with van der Waals surface area (Å²) in [6.07, 6.45) is 2.27. The van der Waals surface area contributed by atoms with E-state index in [-0.39, 0.29) is 12.5 Å². The first-order valence-corrected chi connectivity index (χ1v) is 16.1. The Bertz CT molecular complexity index is 1370. The Hall–Kier alpha value is -2.32. The minimum absolute atomic E-state index is 0.120. The van der Waals surface area contributed by atoms with Crippen LogP contribution in [0.5, 0.6) is 0 Å². The number of fused-ring (bicyclic) bond motifs is 3. The number of rotatable bonds is 6. The number of guanidine groups is 1. The van der Waals surface area contributed by atoms with Crippen molar-refractivity contribution in [2.45, 2.75) is 71.2 Å². The fraction of sp³-hybridized carbons (Fsp3) is 0.576. The number of aliphatic imine (C=N–C) groups is 1. The summed E-state index contributed by atoms with van der Waals surface area (Å²) in [6.45, 7) is 11.8. The van der Waals surface area contributed by atoms with Gasteiger partial charge in [0, 0.05) is 52.9 Å². The number of aliphatic hydroxyl groups is 1. The van der Waals surface area contributed by atoms with Crippen molar-refractivity contribution in [3.8, 4) is 0 Å². The smallest absolute Gasteiger partial charge is 0.256 e. The molecule has 3 aliphatic carbocycles. The lowest BCUT2D eigenvalue weighted by molar-refractivity contribution is -0.112. The number of nitrogens with zero attached hydrogens (tertiary/aromatic N) is 3. The van der Waals surface area contributed by atoms with E-state index in [4.69, 9.17) is 28.2 Å². The summed E-state index contributed by atoms with van der Waals surface area (Å²) in [5.74, 6) is 2.67. The van der Waals surface area contributed by atoms with E-state index in [9.17, 15) is 9.90 Å². The van der Waals surface area contributed by atoms with Crippen LogP contribution in [0.3, 0.4) is 0 Å². The maximum atomic E-state index is 14.0. The SMILES string of the molecule is C[C@@H]1[C@@H](NC(=NC2c3ccccc3C(=O)N2[C@H](CO)Cc2ccc(Cl)cc2Cl)N2CCN[C@@H](C)C2)C[C@H]2C[C@@H]1C2(C)C. The summed E-state index contributed by atoms with van der Waals surface area (Å²) >= 11 is 12.7. The van der Waals surface area contributed by atoms with Gasteiger partial charge in [0.25, 0.3) is 5.91 Å². The van der Waals surface area contributed by atoms with Crippen molar-refractivity contribution in [1.82, 2.24) is 20.4 Å². The summed E-state index contributed by atoms with van der Waals surface area (Å²) in [5, 5.41) is 19.2. The predicted molar refractivity (Wildman–Crippen MR) is 169 cm³/mol. The Morgan fingerprint density at radius 3 is 2.67 bits per heavy atom. The van der Waals surface area contributed by atoms with Crippen LogP contribution in [-0.2, 0) is 6.42 Å². The Balaban J connectivity index is 1.37. The van der Waals surface area contributed by atoms with Gasteiger partial charge < -0.3 is 25.5 Å². The number of carbonyl (C=O) groups excluding carboxylic acids is 1. The number of hydrogen-bond acceptors (Lipinski definition) is 4. The van der Waals surface area contributed by atoms with Gasteiger partial charge in [-0.2, -0.15) is 0 Å². The third-order valence-corrected chi connectivity index (χ3v) is 11.2. The molecule has 5 aliphatic rings. The monoisotopic (exact) mass is 611 g/mol. The molecule has 9 heteroatoms. The molecule has 4 fully saturated rings. The van der Waals surface area contributed by atoms with Crippen LogP contribution in [0.2, 0.25) is 10.0 Å². The van der Waals surface area contributed by atoms with Gasteiger partial charge in [0.1, 0.15) is 0 Å². The molecule has 7 rings (SSSR count). The zero-order valence-corrected chi connectivity index (χ0v) is 26.5. The molecule has 0 radical (unpaired) electrons. The second kappa shape index (κ2) is 11.6. The number of aliphatic hydroxyl groups excluding tert-OH is 1. The maximum absolute atomic E-state index is 14.0. The van der Waals surface area contributed by atoms with Gasteiger partial charge in [-0.15, -0.1) is 0 Å².